The molecule has 0 aliphatic heterocycles. The SMILES string of the molecule is CCc1nonc1NC(=O)/C=C/c1cn(-c2ccccc2)nc1-c1ccccc1. The Morgan fingerprint density at radius 2 is 1.79 bits per heavy atom. The van der Waals surface area contributed by atoms with E-state index in [-0.39, 0.29) is 5.91 Å². The topological polar surface area (TPSA) is 85.8 Å². The fourth-order valence-electron chi connectivity index (χ4n) is 2.90. The number of rotatable bonds is 6. The van der Waals surface area contributed by atoms with Crippen LogP contribution in [0.2, 0.25) is 0 Å². The first-order valence-electron chi connectivity index (χ1n) is 9.25. The van der Waals surface area contributed by atoms with Crippen molar-refractivity contribution in [2.24, 2.45) is 0 Å². The van der Waals surface area contributed by atoms with E-state index in [0.717, 1.165) is 22.5 Å². The van der Waals surface area contributed by atoms with E-state index in [2.05, 4.69) is 20.3 Å². The Morgan fingerprint density at radius 3 is 2.52 bits per heavy atom. The number of aromatic nitrogens is 4. The number of hydrogen-bond acceptors (Lipinski definition) is 5. The Kier molecular flexibility index (Phi) is 5.29. The minimum atomic E-state index is -0.318. The second-order valence-electron chi connectivity index (χ2n) is 6.31. The summed E-state index contributed by atoms with van der Waals surface area (Å²) in [6.07, 6.45) is 5.71. The second kappa shape index (κ2) is 8.35. The van der Waals surface area contributed by atoms with Crippen LogP contribution in [0.15, 0.2) is 77.6 Å². The molecule has 2 heterocycles. The molecule has 0 saturated carbocycles. The van der Waals surface area contributed by atoms with Gasteiger partial charge >= 0.3 is 0 Å². The molecule has 4 aromatic rings. The van der Waals surface area contributed by atoms with E-state index in [4.69, 9.17) is 5.10 Å². The van der Waals surface area contributed by atoms with E-state index in [1.54, 1.807) is 10.8 Å². The molecule has 0 unspecified atom stereocenters. The zero-order valence-electron chi connectivity index (χ0n) is 15.8. The van der Waals surface area contributed by atoms with Crippen molar-refractivity contribution in [2.75, 3.05) is 5.32 Å². The molecule has 7 nitrogen and oxygen atoms in total. The quantitative estimate of drug-likeness (QED) is 0.504. The predicted octanol–water partition coefficient (Wildman–Crippen LogP) is 4.14. The van der Waals surface area contributed by atoms with Crippen LogP contribution in [-0.4, -0.2) is 26.0 Å². The van der Waals surface area contributed by atoms with E-state index in [1.165, 1.54) is 6.08 Å². The van der Waals surface area contributed by atoms with Crippen LogP contribution < -0.4 is 5.32 Å². The van der Waals surface area contributed by atoms with Crippen molar-refractivity contribution in [3.8, 4) is 16.9 Å². The number of hydrogen-bond donors (Lipinski definition) is 1. The number of benzene rings is 2. The van der Waals surface area contributed by atoms with Gasteiger partial charge < -0.3 is 5.32 Å². The first kappa shape index (κ1) is 18.4. The monoisotopic (exact) mass is 385 g/mol. The largest absolute Gasteiger partial charge is 0.303 e. The molecule has 0 fully saturated rings. The van der Waals surface area contributed by atoms with E-state index >= 15 is 0 Å². The fourth-order valence-corrected chi connectivity index (χ4v) is 2.90. The molecule has 0 aliphatic rings. The maximum absolute atomic E-state index is 12.3. The van der Waals surface area contributed by atoms with Gasteiger partial charge in [-0.15, -0.1) is 0 Å². The van der Waals surface area contributed by atoms with Crippen LogP contribution in [0, 0.1) is 0 Å². The molecular weight excluding hydrogens is 366 g/mol. The van der Waals surface area contributed by atoms with Gasteiger partial charge in [0.15, 0.2) is 0 Å². The smallest absolute Gasteiger partial charge is 0.249 e. The standard InChI is InChI=1S/C22H19N5O2/c1-2-19-22(26-29-25-19)23-20(28)14-13-17-15-27(18-11-7-4-8-12-18)24-21(17)16-9-5-3-6-10-16/h3-15H,2H2,1H3,(H,23,26,28)/b14-13+. The van der Waals surface area contributed by atoms with Crippen LogP contribution in [0.25, 0.3) is 23.0 Å². The third-order valence-corrected chi connectivity index (χ3v) is 4.36. The zero-order valence-corrected chi connectivity index (χ0v) is 15.8. The van der Waals surface area contributed by atoms with Gasteiger partial charge in [0.1, 0.15) is 5.69 Å². The highest BCUT2D eigenvalue weighted by molar-refractivity contribution is 6.02. The Balaban J connectivity index is 1.64. The van der Waals surface area contributed by atoms with Crippen molar-refractivity contribution >= 4 is 17.8 Å². The van der Waals surface area contributed by atoms with Crippen LogP contribution in [-0.2, 0) is 11.2 Å². The van der Waals surface area contributed by atoms with Crippen LogP contribution in [0.5, 0.6) is 0 Å². The molecule has 1 N–H and O–H groups in total. The number of nitrogens with one attached hydrogen (secondary N) is 1. The van der Waals surface area contributed by atoms with Gasteiger partial charge in [-0.1, -0.05) is 60.6 Å². The molecule has 0 spiro atoms. The molecule has 0 saturated heterocycles. The number of amides is 1. The van der Waals surface area contributed by atoms with Crippen molar-refractivity contribution in [1.29, 1.82) is 0 Å². The summed E-state index contributed by atoms with van der Waals surface area (Å²) in [6.45, 7) is 1.91. The molecule has 0 radical (unpaired) electrons. The summed E-state index contributed by atoms with van der Waals surface area (Å²) in [5, 5.41) is 14.9. The van der Waals surface area contributed by atoms with Crippen LogP contribution in [0.1, 0.15) is 18.2 Å². The molecule has 0 aliphatic carbocycles. The summed E-state index contributed by atoms with van der Waals surface area (Å²) in [5.41, 5.74) is 4.12. The van der Waals surface area contributed by atoms with Crippen LogP contribution in [0.4, 0.5) is 5.82 Å². The molecule has 1 amide bonds. The minimum Gasteiger partial charge on any atom is -0.303 e. The number of nitrogens with zero attached hydrogens (tertiary/aromatic N) is 4. The Bertz CT molecular complexity index is 1130. The van der Waals surface area contributed by atoms with Gasteiger partial charge in [0.2, 0.25) is 11.7 Å². The summed E-state index contributed by atoms with van der Waals surface area (Å²) in [6, 6.07) is 19.7. The molecule has 0 atom stereocenters. The van der Waals surface area contributed by atoms with E-state index in [0.29, 0.717) is 17.9 Å². The van der Waals surface area contributed by atoms with Gasteiger partial charge in [-0.25, -0.2) is 9.31 Å². The highest BCUT2D eigenvalue weighted by Crippen LogP contribution is 2.24. The van der Waals surface area contributed by atoms with Gasteiger partial charge in [0.05, 0.1) is 11.4 Å². The number of para-hydroxylation sites is 1. The third kappa shape index (κ3) is 4.14. The van der Waals surface area contributed by atoms with Gasteiger partial charge in [-0.3, -0.25) is 4.79 Å². The Hall–Kier alpha value is -4.00. The molecule has 144 valence electrons. The van der Waals surface area contributed by atoms with E-state index < -0.39 is 0 Å². The first-order chi connectivity index (χ1) is 14.2. The Labute approximate surface area is 167 Å². The van der Waals surface area contributed by atoms with Gasteiger partial charge in [-0.2, -0.15) is 5.10 Å². The normalized spacial score (nSPS) is 11.1. The lowest BCUT2D eigenvalue weighted by Gasteiger charge is -2.00. The fraction of sp³-hybridized carbons (Fsp3) is 0.0909. The summed E-state index contributed by atoms with van der Waals surface area (Å²) in [7, 11) is 0. The number of anilines is 1. The van der Waals surface area contributed by atoms with Crippen LogP contribution >= 0.6 is 0 Å². The highest BCUT2D eigenvalue weighted by atomic mass is 16.6. The summed E-state index contributed by atoms with van der Waals surface area (Å²) in [5.74, 6) is 0.0206. The van der Waals surface area contributed by atoms with E-state index in [9.17, 15) is 4.79 Å². The molecule has 7 heteroatoms. The van der Waals surface area contributed by atoms with Gasteiger partial charge in [0, 0.05) is 23.4 Å². The van der Waals surface area contributed by atoms with E-state index in [1.807, 2.05) is 73.8 Å². The molecular formula is C22H19N5O2. The lowest BCUT2D eigenvalue weighted by Crippen LogP contribution is -2.09. The zero-order chi connectivity index (χ0) is 20.1. The number of carbonyl (C=O) groups is 1. The molecule has 4 rings (SSSR count). The maximum atomic E-state index is 12.3. The molecule has 29 heavy (non-hydrogen) atoms. The first-order valence-corrected chi connectivity index (χ1v) is 9.25. The highest BCUT2D eigenvalue weighted by Gasteiger charge is 2.12. The van der Waals surface area contributed by atoms with Crippen molar-refractivity contribution in [1.82, 2.24) is 20.1 Å². The summed E-state index contributed by atoms with van der Waals surface area (Å²) in [4.78, 5) is 12.3. The van der Waals surface area contributed by atoms with Crippen LogP contribution in [0.3, 0.4) is 0 Å². The van der Waals surface area contributed by atoms with Crippen molar-refractivity contribution in [2.45, 2.75) is 13.3 Å². The average Bonchev–Trinajstić information content (AvgIpc) is 3.40. The van der Waals surface area contributed by atoms with Crippen molar-refractivity contribution in [3.63, 3.8) is 0 Å². The molecule has 0 bridgehead atoms. The van der Waals surface area contributed by atoms with Crippen molar-refractivity contribution in [3.05, 3.63) is 84.2 Å². The summed E-state index contributed by atoms with van der Waals surface area (Å²) >= 11 is 0. The van der Waals surface area contributed by atoms with Gasteiger partial charge in [0.25, 0.3) is 0 Å². The van der Waals surface area contributed by atoms with Crippen molar-refractivity contribution < 1.29 is 9.42 Å². The number of carbonyl (C=O) groups excluding carboxylic acids is 1. The lowest BCUT2D eigenvalue weighted by atomic mass is 10.1. The summed E-state index contributed by atoms with van der Waals surface area (Å²) < 4.78 is 6.48. The predicted molar refractivity (Wildman–Crippen MR) is 110 cm³/mol. The van der Waals surface area contributed by atoms with Gasteiger partial charge in [-0.05, 0) is 29.8 Å². The second-order valence-corrected chi connectivity index (χ2v) is 6.31. The third-order valence-electron chi connectivity index (χ3n) is 4.36. The average molecular weight is 385 g/mol. The number of aryl methyl sites for hydroxylation is 1. The lowest BCUT2D eigenvalue weighted by molar-refractivity contribution is -0.111. The maximum Gasteiger partial charge on any atom is 0.249 e. The minimum absolute atomic E-state index is 0.318. The molecule has 2 aromatic carbocycles. The molecule has 2 aromatic heterocycles. The Morgan fingerprint density at radius 1 is 1.07 bits per heavy atom.